The number of carbonyl (C=O) groups is 1. The van der Waals surface area contributed by atoms with Crippen LogP contribution in [0.1, 0.15) is 37.0 Å². The summed E-state index contributed by atoms with van der Waals surface area (Å²) in [6, 6.07) is 12.0. The summed E-state index contributed by atoms with van der Waals surface area (Å²) in [6.45, 7) is 5.76. The number of Topliss-reactive ketones (excluding diaryl/α,β-unsaturated/α-hetero) is 1. The van der Waals surface area contributed by atoms with Crippen molar-refractivity contribution in [1.29, 1.82) is 0 Å². The molecule has 0 amide bonds. The van der Waals surface area contributed by atoms with Gasteiger partial charge in [-0.2, -0.15) is 0 Å². The molecular weight excluding hydrogens is 274 g/mol. The third kappa shape index (κ3) is 3.00. The molecule has 1 aliphatic heterocycles. The molecule has 3 rings (SSSR count). The van der Waals surface area contributed by atoms with E-state index in [1.54, 1.807) is 0 Å². The fourth-order valence-corrected chi connectivity index (χ4v) is 3.14. The van der Waals surface area contributed by atoms with Crippen molar-refractivity contribution in [2.75, 3.05) is 13.1 Å². The molecule has 0 bridgehead atoms. The van der Waals surface area contributed by atoms with Crippen molar-refractivity contribution in [3.63, 3.8) is 0 Å². The second-order valence-electron chi connectivity index (χ2n) is 6.23. The van der Waals surface area contributed by atoms with Gasteiger partial charge in [0.15, 0.2) is 5.78 Å². The summed E-state index contributed by atoms with van der Waals surface area (Å²) in [7, 11) is 0. The zero-order valence-corrected chi connectivity index (χ0v) is 13.3. The number of fused-ring (bicyclic) bond motifs is 1. The predicted octanol–water partition coefficient (Wildman–Crippen LogP) is 3.81. The standard InChI is InChI=1S/C19H23NO2/c1-13(2)22-17-10-9-14-6-3-4-8-16(14)18(17)19(21)15-7-5-11-20-12-15/h3-4,6,8-10,13,15,20H,5,7,11-12H2,1-2H3. The molecule has 116 valence electrons. The Bertz CT molecular complexity index is 672. The van der Waals surface area contributed by atoms with Crippen molar-refractivity contribution >= 4 is 16.6 Å². The molecule has 1 fully saturated rings. The van der Waals surface area contributed by atoms with E-state index in [4.69, 9.17) is 4.74 Å². The number of piperidine rings is 1. The largest absolute Gasteiger partial charge is 0.490 e. The van der Waals surface area contributed by atoms with Crippen molar-refractivity contribution in [2.24, 2.45) is 5.92 Å². The zero-order chi connectivity index (χ0) is 15.5. The lowest BCUT2D eigenvalue weighted by Crippen LogP contribution is -2.34. The van der Waals surface area contributed by atoms with E-state index in [0.717, 1.165) is 42.3 Å². The smallest absolute Gasteiger partial charge is 0.171 e. The lowest BCUT2D eigenvalue weighted by atomic mass is 9.88. The molecule has 3 heteroatoms. The fourth-order valence-electron chi connectivity index (χ4n) is 3.14. The molecule has 0 radical (unpaired) electrons. The Morgan fingerprint density at radius 2 is 2.05 bits per heavy atom. The van der Waals surface area contributed by atoms with Gasteiger partial charge in [-0.1, -0.05) is 30.3 Å². The molecule has 0 saturated carbocycles. The van der Waals surface area contributed by atoms with E-state index in [0.29, 0.717) is 5.75 Å². The molecule has 2 aromatic carbocycles. The average molecular weight is 297 g/mol. The minimum atomic E-state index is 0.0501. The van der Waals surface area contributed by atoms with Crippen molar-refractivity contribution < 1.29 is 9.53 Å². The summed E-state index contributed by atoms with van der Waals surface area (Å²) in [6.07, 6.45) is 2.06. The quantitative estimate of drug-likeness (QED) is 0.872. The first-order chi connectivity index (χ1) is 10.7. The first kappa shape index (κ1) is 15.0. The van der Waals surface area contributed by atoms with Crippen LogP contribution in [-0.2, 0) is 0 Å². The molecule has 2 aromatic rings. The van der Waals surface area contributed by atoms with E-state index >= 15 is 0 Å². The van der Waals surface area contributed by atoms with Gasteiger partial charge in [0.05, 0.1) is 11.7 Å². The van der Waals surface area contributed by atoms with Crippen LogP contribution in [0.2, 0.25) is 0 Å². The molecule has 1 unspecified atom stereocenters. The summed E-state index contributed by atoms with van der Waals surface area (Å²) in [5.74, 6) is 0.970. The third-order valence-electron chi connectivity index (χ3n) is 4.17. The summed E-state index contributed by atoms with van der Waals surface area (Å²) in [5, 5.41) is 5.42. The minimum absolute atomic E-state index is 0.0501. The first-order valence-corrected chi connectivity index (χ1v) is 8.10. The molecule has 1 atom stereocenters. The molecular formula is C19H23NO2. The Balaban J connectivity index is 2.08. The first-order valence-electron chi connectivity index (χ1n) is 8.10. The highest BCUT2D eigenvalue weighted by Crippen LogP contribution is 2.32. The maximum absolute atomic E-state index is 13.1. The number of hydrogen-bond acceptors (Lipinski definition) is 3. The van der Waals surface area contributed by atoms with Crippen LogP contribution in [0.4, 0.5) is 0 Å². The van der Waals surface area contributed by atoms with Crippen LogP contribution in [0, 0.1) is 5.92 Å². The van der Waals surface area contributed by atoms with Gasteiger partial charge in [0.25, 0.3) is 0 Å². The molecule has 1 heterocycles. The van der Waals surface area contributed by atoms with E-state index in [-0.39, 0.29) is 17.8 Å². The summed E-state index contributed by atoms with van der Waals surface area (Å²) in [5.41, 5.74) is 0.750. The SMILES string of the molecule is CC(C)Oc1ccc2ccccc2c1C(=O)C1CCCNC1. The van der Waals surface area contributed by atoms with Gasteiger partial charge in [-0.05, 0) is 50.1 Å². The zero-order valence-electron chi connectivity index (χ0n) is 13.3. The van der Waals surface area contributed by atoms with E-state index in [9.17, 15) is 4.79 Å². The molecule has 0 spiro atoms. The fraction of sp³-hybridized carbons (Fsp3) is 0.421. The van der Waals surface area contributed by atoms with Crippen LogP contribution >= 0.6 is 0 Å². The number of benzene rings is 2. The molecule has 3 nitrogen and oxygen atoms in total. The molecule has 0 aromatic heterocycles. The summed E-state index contributed by atoms with van der Waals surface area (Å²) < 4.78 is 5.92. The van der Waals surface area contributed by atoms with Gasteiger partial charge in [0, 0.05) is 12.5 Å². The van der Waals surface area contributed by atoms with E-state index in [1.165, 1.54) is 0 Å². The second-order valence-corrected chi connectivity index (χ2v) is 6.23. The van der Waals surface area contributed by atoms with Crippen LogP contribution in [0.3, 0.4) is 0 Å². The van der Waals surface area contributed by atoms with Crippen molar-refractivity contribution in [3.8, 4) is 5.75 Å². The van der Waals surface area contributed by atoms with E-state index in [1.807, 2.05) is 50.2 Å². The Kier molecular flexibility index (Phi) is 4.44. The van der Waals surface area contributed by atoms with Gasteiger partial charge in [-0.3, -0.25) is 4.79 Å². The highest BCUT2D eigenvalue weighted by atomic mass is 16.5. The lowest BCUT2D eigenvalue weighted by Gasteiger charge is -2.24. The van der Waals surface area contributed by atoms with Gasteiger partial charge in [0.1, 0.15) is 5.75 Å². The number of rotatable bonds is 4. The van der Waals surface area contributed by atoms with Crippen LogP contribution in [0.15, 0.2) is 36.4 Å². The maximum atomic E-state index is 13.1. The van der Waals surface area contributed by atoms with Crippen LogP contribution < -0.4 is 10.1 Å². The van der Waals surface area contributed by atoms with Gasteiger partial charge in [-0.25, -0.2) is 0 Å². The normalized spacial score (nSPS) is 18.6. The van der Waals surface area contributed by atoms with Crippen LogP contribution in [-0.4, -0.2) is 25.0 Å². The monoisotopic (exact) mass is 297 g/mol. The van der Waals surface area contributed by atoms with Crippen LogP contribution in [0.5, 0.6) is 5.75 Å². The third-order valence-corrected chi connectivity index (χ3v) is 4.17. The predicted molar refractivity (Wildman–Crippen MR) is 89.6 cm³/mol. The second kappa shape index (κ2) is 6.49. The van der Waals surface area contributed by atoms with Gasteiger partial charge >= 0.3 is 0 Å². The minimum Gasteiger partial charge on any atom is -0.490 e. The Hall–Kier alpha value is -1.87. The van der Waals surface area contributed by atoms with Gasteiger partial charge in [0.2, 0.25) is 0 Å². The molecule has 22 heavy (non-hydrogen) atoms. The van der Waals surface area contributed by atoms with Crippen molar-refractivity contribution in [1.82, 2.24) is 5.32 Å². The van der Waals surface area contributed by atoms with Gasteiger partial charge < -0.3 is 10.1 Å². The Morgan fingerprint density at radius 1 is 1.23 bits per heavy atom. The maximum Gasteiger partial charge on any atom is 0.171 e. The lowest BCUT2D eigenvalue weighted by molar-refractivity contribution is 0.0895. The van der Waals surface area contributed by atoms with Crippen molar-refractivity contribution in [2.45, 2.75) is 32.8 Å². The highest BCUT2D eigenvalue weighted by Gasteiger charge is 2.26. The highest BCUT2D eigenvalue weighted by molar-refractivity contribution is 6.11. The summed E-state index contributed by atoms with van der Waals surface area (Å²) in [4.78, 5) is 13.1. The number of carbonyl (C=O) groups excluding carboxylic acids is 1. The Labute approximate surface area is 131 Å². The topological polar surface area (TPSA) is 38.3 Å². The van der Waals surface area contributed by atoms with Crippen molar-refractivity contribution in [3.05, 3.63) is 42.0 Å². The van der Waals surface area contributed by atoms with Gasteiger partial charge in [-0.15, -0.1) is 0 Å². The average Bonchev–Trinajstić information content (AvgIpc) is 2.54. The number of ketones is 1. The van der Waals surface area contributed by atoms with E-state index in [2.05, 4.69) is 5.32 Å². The van der Waals surface area contributed by atoms with Crippen LogP contribution in [0.25, 0.3) is 10.8 Å². The summed E-state index contributed by atoms with van der Waals surface area (Å²) >= 11 is 0. The molecule has 1 N–H and O–H groups in total. The number of nitrogens with one attached hydrogen (secondary N) is 1. The number of hydrogen-bond donors (Lipinski definition) is 1. The Morgan fingerprint density at radius 3 is 2.77 bits per heavy atom. The molecule has 0 aliphatic carbocycles. The number of ether oxygens (including phenoxy) is 1. The molecule has 1 saturated heterocycles. The molecule has 1 aliphatic rings. The van der Waals surface area contributed by atoms with E-state index < -0.39 is 0 Å².